The monoisotopic (exact) mass is 329 g/mol. The van der Waals surface area contributed by atoms with Crippen LogP contribution in [0.15, 0.2) is 23.1 Å². The number of carbonyl (C=O) groups excluding carboxylic acids is 1. The number of hydrogen-bond acceptors (Lipinski definition) is 4. The molecule has 0 radical (unpaired) electrons. The second-order valence-corrected chi connectivity index (χ2v) is 8.29. The minimum atomic E-state index is -3.81. The molecule has 2 aliphatic rings. The fourth-order valence-corrected chi connectivity index (χ4v) is 3.39. The normalized spacial score (nSPS) is 26.9. The van der Waals surface area contributed by atoms with Gasteiger partial charge in [0.2, 0.25) is 5.91 Å². The Kier molecular flexibility index (Phi) is 3.61. The first-order valence-electron chi connectivity index (χ1n) is 6.85. The van der Waals surface area contributed by atoms with Gasteiger partial charge in [-0.15, -0.1) is 0 Å². The van der Waals surface area contributed by atoms with E-state index in [1.807, 2.05) is 0 Å². The predicted octanol–water partition coefficient (Wildman–Crippen LogP) is 1.86. The molecule has 3 unspecified atom stereocenters. The molecule has 3 rings (SSSR count). The van der Waals surface area contributed by atoms with E-state index < -0.39 is 15.0 Å². The minimum absolute atomic E-state index is 0.0120. The van der Waals surface area contributed by atoms with Gasteiger partial charge >= 0.3 is 0 Å². The third kappa shape index (κ3) is 3.01. The summed E-state index contributed by atoms with van der Waals surface area (Å²) in [6.07, 6.45) is 1.15. The highest BCUT2D eigenvalue weighted by atomic mass is 35.7. The highest BCUT2D eigenvalue weighted by Crippen LogP contribution is 2.38. The summed E-state index contributed by atoms with van der Waals surface area (Å²) in [6.45, 7) is 3.05. The maximum atomic E-state index is 12.2. The molecule has 1 heterocycles. The van der Waals surface area contributed by atoms with Crippen LogP contribution in [0, 0.1) is 11.8 Å². The molecule has 1 fully saturated rings. The lowest BCUT2D eigenvalue weighted by Gasteiger charge is -2.10. The lowest BCUT2D eigenvalue weighted by Crippen LogP contribution is -2.32. The Morgan fingerprint density at radius 2 is 2.19 bits per heavy atom. The lowest BCUT2D eigenvalue weighted by molar-refractivity contribution is -0.122. The van der Waals surface area contributed by atoms with Gasteiger partial charge in [0, 0.05) is 22.8 Å². The molecule has 0 spiro atoms. The van der Waals surface area contributed by atoms with E-state index in [4.69, 9.17) is 15.4 Å². The average molecular weight is 330 g/mol. The van der Waals surface area contributed by atoms with Gasteiger partial charge in [-0.3, -0.25) is 4.79 Å². The van der Waals surface area contributed by atoms with Crippen molar-refractivity contribution in [2.24, 2.45) is 11.8 Å². The van der Waals surface area contributed by atoms with Gasteiger partial charge in [-0.25, -0.2) is 8.42 Å². The van der Waals surface area contributed by atoms with Gasteiger partial charge in [0.1, 0.15) is 18.3 Å². The van der Waals surface area contributed by atoms with Crippen molar-refractivity contribution in [3.8, 4) is 5.75 Å². The van der Waals surface area contributed by atoms with E-state index in [-0.39, 0.29) is 17.4 Å². The number of benzene rings is 1. The standard InChI is InChI=1S/C14H16ClNO4S/c1-8-4-9(8)6-16-14(17)12-7-20-13-3-2-10(5-11(12)13)21(15,18)19/h2-3,5,8-9,12H,4,6-7H2,1H3,(H,16,17). The second kappa shape index (κ2) is 5.18. The molecular formula is C14H16ClNO4S. The molecule has 5 nitrogen and oxygen atoms in total. The third-order valence-corrected chi connectivity index (χ3v) is 5.53. The average Bonchev–Trinajstić information content (AvgIpc) is 2.97. The molecule has 21 heavy (non-hydrogen) atoms. The maximum absolute atomic E-state index is 12.2. The van der Waals surface area contributed by atoms with Crippen molar-refractivity contribution >= 4 is 25.6 Å². The van der Waals surface area contributed by atoms with Crippen LogP contribution in [-0.2, 0) is 13.8 Å². The van der Waals surface area contributed by atoms with E-state index >= 15 is 0 Å². The zero-order valence-electron chi connectivity index (χ0n) is 11.5. The van der Waals surface area contributed by atoms with E-state index in [1.54, 1.807) is 6.07 Å². The van der Waals surface area contributed by atoms with E-state index in [0.717, 1.165) is 6.42 Å². The van der Waals surface area contributed by atoms with Crippen molar-refractivity contribution in [3.05, 3.63) is 23.8 Å². The maximum Gasteiger partial charge on any atom is 0.261 e. The zero-order chi connectivity index (χ0) is 15.2. The van der Waals surface area contributed by atoms with Gasteiger partial charge in [-0.2, -0.15) is 0 Å². The molecule has 0 aromatic heterocycles. The van der Waals surface area contributed by atoms with Crippen molar-refractivity contribution in [1.82, 2.24) is 5.32 Å². The number of amides is 1. The summed E-state index contributed by atoms with van der Waals surface area (Å²) < 4.78 is 28.2. The Hall–Kier alpha value is -1.27. The van der Waals surface area contributed by atoms with E-state index in [0.29, 0.717) is 29.7 Å². The van der Waals surface area contributed by atoms with Crippen molar-refractivity contribution in [1.29, 1.82) is 0 Å². The molecule has 1 aromatic carbocycles. The van der Waals surface area contributed by atoms with Crippen LogP contribution in [0.3, 0.4) is 0 Å². The molecule has 1 aromatic rings. The Morgan fingerprint density at radius 1 is 1.48 bits per heavy atom. The van der Waals surface area contributed by atoms with Crippen LogP contribution >= 0.6 is 10.7 Å². The number of rotatable bonds is 4. The Morgan fingerprint density at radius 3 is 2.81 bits per heavy atom. The molecule has 3 atom stereocenters. The molecule has 1 aliphatic heterocycles. The number of nitrogens with one attached hydrogen (secondary N) is 1. The number of hydrogen-bond donors (Lipinski definition) is 1. The summed E-state index contributed by atoms with van der Waals surface area (Å²) in [5.41, 5.74) is 0.582. The quantitative estimate of drug-likeness (QED) is 0.856. The fourth-order valence-electron chi connectivity index (χ4n) is 2.60. The summed E-state index contributed by atoms with van der Waals surface area (Å²) in [7, 11) is 1.53. The van der Waals surface area contributed by atoms with E-state index in [1.165, 1.54) is 12.1 Å². The van der Waals surface area contributed by atoms with Crippen molar-refractivity contribution in [2.75, 3.05) is 13.2 Å². The molecule has 1 saturated carbocycles. The summed E-state index contributed by atoms with van der Waals surface area (Å²) in [4.78, 5) is 12.2. The fraction of sp³-hybridized carbons (Fsp3) is 0.500. The largest absolute Gasteiger partial charge is 0.492 e. The highest BCUT2D eigenvalue weighted by molar-refractivity contribution is 8.13. The molecular weight excluding hydrogens is 314 g/mol. The number of halogens is 1. The molecule has 1 amide bonds. The van der Waals surface area contributed by atoms with Gasteiger partial charge in [-0.05, 0) is 36.5 Å². The van der Waals surface area contributed by atoms with Crippen LogP contribution in [0.2, 0.25) is 0 Å². The van der Waals surface area contributed by atoms with Crippen LogP contribution in [0.1, 0.15) is 24.8 Å². The predicted molar refractivity (Wildman–Crippen MR) is 78.0 cm³/mol. The Labute approximate surface area is 128 Å². The van der Waals surface area contributed by atoms with Crippen LogP contribution in [0.5, 0.6) is 5.75 Å². The van der Waals surface area contributed by atoms with Crippen LogP contribution < -0.4 is 10.1 Å². The summed E-state index contributed by atoms with van der Waals surface area (Å²) >= 11 is 0. The van der Waals surface area contributed by atoms with Gasteiger partial charge in [0.05, 0.1) is 4.90 Å². The second-order valence-electron chi connectivity index (χ2n) is 5.72. The SMILES string of the molecule is CC1CC1CNC(=O)C1COc2ccc(S(=O)(=O)Cl)cc21. The number of carbonyl (C=O) groups is 1. The topological polar surface area (TPSA) is 72.5 Å². The van der Waals surface area contributed by atoms with Gasteiger partial charge in [-0.1, -0.05) is 6.92 Å². The first kappa shape index (κ1) is 14.7. The minimum Gasteiger partial charge on any atom is -0.492 e. The number of ether oxygens (including phenoxy) is 1. The van der Waals surface area contributed by atoms with Crippen molar-refractivity contribution in [3.63, 3.8) is 0 Å². The van der Waals surface area contributed by atoms with Gasteiger partial charge in [0.15, 0.2) is 0 Å². The van der Waals surface area contributed by atoms with Crippen LogP contribution in [0.4, 0.5) is 0 Å². The Balaban J connectivity index is 1.77. The third-order valence-electron chi connectivity index (χ3n) is 4.17. The highest BCUT2D eigenvalue weighted by Gasteiger charge is 2.35. The summed E-state index contributed by atoms with van der Waals surface area (Å²) in [5, 5.41) is 2.91. The van der Waals surface area contributed by atoms with Crippen LogP contribution in [-0.4, -0.2) is 27.5 Å². The zero-order valence-corrected chi connectivity index (χ0v) is 13.1. The Bertz CT molecular complexity index is 688. The first-order chi connectivity index (χ1) is 9.86. The molecule has 1 N–H and O–H groups in total. The lowest BCUT2D eigenvalue weighted by atomic mass is 10.0. The molecule has 0 saturated heterocycles. The van der Waals surface area contributed by atoms with Gasteiger partial charge in [0.25, 0.3) is 9.05 Å². The van der Waals surface area contributed by atoms with E-state index in [2.05, 4.69) is 12.2 Å². The van der Waals surface area contributed by atoms with E-state index in [9.17, 15) is 13.2 Å². The summed E-state index contributed by atoms with van der Waals surface area (Å²) in [6, 6.07) is 4.35. The van der Waals surface area contributed by atoms with Crippen molar-refractivity contribution < 1.29 is 17.9 Å². The molecule has 114 valence electrons. The first-order valence-corrected chi connectivity index (χ1v) is 9.16. The van der Waals surface area contributed by atoms with Gasteiger partial charge < -0.3 is 10.1 Å². The molecule has 0 bridgehead atoms. The van der Waals surface area contributed by atoms with Crippen LogP contribution in [0.25, 0.3) is 0 Å². The molecule has 1 aliphatic carbocycles. The molecule has 7 heteroatoms. The summed E-state index contributed by atoms with van der Waals surface area (Å²) in [5.74, 6) is 1.17. The smallest absolute Gasteiger partial charge is 0.261 e. The number of fused-ring (bicyclic) bond motifs is 1. The van der Waals surface area contributed by atoms with Crippen molar-refractivity contribution in [2.45, 2.75) is 24.2 Å².